The summed E-state index contributed by atoms with van der Waals surface area (Å²) in [6, 6.07) is 10.1. The molecule has 0 aliphatic carbocycles. The van der Waals surface area contributed by atoms with Crippen molar-refractivity contribution in [2.45, 2.75) is 49.7 Å². The van der Waals surface area contributed by atoms with Gasteiger partial charge in [-0.05, 0) is 31.7 Å². The number of amides is 2. The van der Waals surface area contributed by atoms with Crippen molar-refractivity contribution in [2.24, 2.45) is 5.73 Å². The quantitative estimate of drug-likeness (QED) is 0.876. The number of nitrogens with two attached hydrogens (primary N) is 1. The summed E-state index contributed by atoms with van der Waals surface area (Å²) in [7, 11) is 0. The number of thioether (sulfide) groups is 1. The fraction of sp³-hybridized carbons (Fsp3) is 0.529. The van der Waals surface area contributed by atoms with E-state index in [1.54, 1.807) is 11.8 Å². The highest BCUT2D eigenvalue weighted by molar-refractivity contribution is 7.99. The average molecular weight is 320 g/mol. The topological polar surface area (TPSA) is 63.4 Å². The van der Waals surface area contributed by atoms with Gasteiger partial charge in [0.2, 0.25) is 11.8 Å². The largest absolute Gasteiger partial charge is 0.370 e. The van der Waals surface area contributed by atoms with Crippen LogP contribution in [-0.4, -0.2) is 34.6 Å². The molecule has 22 heavy (non-hydrogen) atoms. The fourth-order valence-corrected chi connectivity index (χ4v) is 3.75. The second-order valence-electron chi connectivity index (χ2n) is 5.79. The van der Waals surface area contributed by atoms with E-state index in [1.165, 1.54) is 5.56 Å². The summed E-state index contributed by atoms with van der Waals surface area (Å²) >= 11 is 1.64. The Hall–Kier alpha value is -1.49. The van der Waals surface area contributed by atoms with Crippen LogP contribution in [-0.2, 0) is 15.3 Å². The van der Waals surface area contributed by atoms with Gasteiger partial charge in [0, 0.05) is 24.8 Å². The van der Waals surface area contributed by atoms with Gasteiger partial charge in [-0.25, -0.2) is 0 Å². The Labute approximate surface area is 136 Å². The highest BCUT2D eigenvalue weighted by Gasteiger charge is 2.30. The van der Waals surface area contributed by atoms with Crippen LogP contribution in [0.5, 0.6) is 0 Å². The second kappa shape index (κ2) is 8.22. The van der Waals surface area contributed by atoms with Gasteiger partial charge in [-0.15, -0.1) is 11.8 Å². The first-order valence-corrected chi connectivity index (χ1v) is 8.87. The van der Waals surface area contributed by atoms with Gasteiger partial charge in [0.05, 0.1) is 5.25 Å². The summed E-state index contributed by atoms with van der Waals surface area (Å²) in [5, 5.41) is -0.103. The van der Waals surface area contributed by atoms with E-state index in [1.807, 2.05) is 30.0 Å². The molecule has 1 heterocycles. The van der Waals surface area contributed by atoms with Gasteiger partial charge in [-0.3, -0.25) is 9.59 Å². The van der Waals surface area contributed by atoms with Crippen molar-refractivity contribution in [2.75, 3.05) is 6.54 Å². The van der Waals surface area contributed by atoms with Crippen molar-refractivity contribution in [1.82, 2.24) is 4.90 Å². The third-order valence-corrected chi connectivity index (χ3v) is 5.24. The third-order valence-electron chi connectivity index (χ3n) is 4.04. The normalized spacial score (nSPS) is 19.7. The Balaban J connectivity index is 1.91. The highest BCUT2D eigenvalue weighted by atomic mass is 32.2. The van der Waals surface area contributed by atoms with Crippen LogP contribution >= 0.6 is 11.8 Å². The number of primary amides is 1. The first-order valence-electron chi connectivity index (χ1n) is 7.82. The van der Waals surface area contributed by atoms with Crippen molar-refractivity contribution < 1.29 is 9.59 Å². The lowest BCUT2D eigenvalue weighted by molar-refractivity contribution is -0.135. The summed E-state index contributed by atoms with van der Waals surface area (Å²) in [4.78, 5) is 25.7. The molecule has 2 rings (SSSR count). The maximum Gasteiger partial charge on any atom is 0.235 e. The predicted molar refractivity (Wildman–Crippen MR) is 90.4 cm³/mol. The van der Waals surface area contributed by atoms with E-state index in [2.05, 4.69) is 12.1 Å². The summed E-state index contributed by atoms with van der Waals surface area (Å²) in [6.07, 6.45) is 3.23. The van der Waals surface area contributed by atoms with Gasteiger partial charge in [0.1, 0.15) is 0 Å². The number of piperidine rings is 1. The maximum absolute atomic E-state index is 12.7. The van der Waals surface area contributed by atoms with E-state index in [0.29, 0.717) is 0 Å². The van der Waals surface area contributed by atoms with Crippen LogP contribution in [0.2, 0.25) is 0 Å². The van der Waals surface area contributed by atoms with Crippen LogP contribution in [0.1, 0.15) is 38.2 Å². The van der Waals surface area contributed by atoms with Crippen LogP contribution in [0.4, 0.5) is 0 Å². The van der Waals surface area contributed by atoms with Crippen LogP contribution in [0, 0.1) is 0 Å². The number of nitrogens with zero attached hydrogens (tertiary/aromatic N) is 1. The number of hydrogen-bond acceptors (Lipinski definition) is 3. The Bertz CT molecular complexity index is 507. The van der Waals surface area contributed by atoms with Crippen molar-refractivity contribution in [3.05, 3.63) is 35.9 Å². The minimum atomic E-state index is -0.325. The highest BCUT2D eigenvalue weighted by Crippen LogP contribution is 2.25. The van der Waals surface area contributed by atoms with Crippen molar-refractivity contribution >= 4 is 23.6 Å². The third kappa shape index (κ3) is 4.77. The van der Waals surface area contributed by atoms with E-state index in [4.69, 9.17) is 5.73 Å². The molecule has 0 unspecified atom stereocenters. The molecule has 1 aromatic rings. The van der Waals surface area contributed by atoms with E-state index in [9.17, 15) is 9.59 Å². The molecule has 0 bridgehead atoms. The van der Waals surface area contributed by atoms with Crippen LogP contribution in [0.15, 0.2) is 30.3 Å². The minimum absolute atomic E-state index is 0.0153. The summed E-state index contributed by atoms with van der Waals surface area (Å²) < 4.78 is 0. The fourth-order valence-electron chi connectivity index (χ4n) is 2.84. The number of likely N-dealkylation sites (tertiary alicyclic amines) is 1. The molecule has 1 aliphatic rings. The van der Waals surface area contributed by atoms with E-state index < -0.39 is 0 Å². The van der Waals surface area contributed by atoms with Gasteiger partial charge >= 0.3 is 0 Å². The van der Waals surface area contributed by atoms with Gasteiger partial charge in [-0.1, -0.05) is 30.3 Å². The molecule has 4 nitrogen and oxygen atoms in total. The Morgan fingerprint density at radius 2 is 2.05 bits per heavy atom. The molecule has 1 aliphatic heterocycles. The SMILES string of the molecule is C[C@H](SCc1ccccc1)C(=O)N1CCCC[C@@H]1CC(N)=O. The Kier molecular flexibility index (Phi) is 6.31. The molecule has 1 fully saturated rings. The Morgan fingerprint density at radius 3 is 2.73 bits per heavy atom. The first kappa shape index (κ1) is 16.9. The lowest BCUT2D eigenvalue weighted by Gasteiger charge is -2.36. The van der Waals surface area contributed by atoms with Gasteiger partial charge < -0.3 is 10.6 Å². The average Bonchev–Trinajstić information content (AvgIpc) is 2.53. The zero-order chi connectivity index (χ0) is 15.9. The maximum atomic E-state index is 12.7. The Morgan fingerprint density at radius 1 is 1.32 bits per heavy atom. The standard InChI is InChI=1S/C17H24N2O2S/c1-13(22-12-14-7-3-2-4-8-14)17(21)19-10-6-5-9-15(19)11-16(18)20/h2-4,7-8,13,15H,5-6,9-12H2,1H3,(H2,18,20)/t13-,15+/m0/s1. The van der Waals surface area contributed by atoms with Gasteiger partial charge in [0.15, 0.2) is 0 Å². The van der Waals surface area contributed by atoms with Crippen LogP contribution in [0.25, 0.3) is 0 Å². The molecule has 0 saturated carbocycles. The zero-order valence-corrected chi connectivity index (χ0v) is 13.8. The summed E-state index contributed by atoms with van der Waals surface area (Å²) in [5.74, 6) is 0.628. The molecule has 1 saturated heterocycles. The zero-order valence-electron chi connectivity index (χ0n) is 13.0. The molecule has 2 atom stereocenters. The molecule has 0 aromatic heterocycles. The van der Waals surface area contributed by atoms with Crippen molar-refractivity contribution in [3.63, 3.8) is 0 Å². The summed E-state index contributed by atoms with van der Waals surface area (Å²) in [6.45, 7) is 2.69. The molecule has 5 heteroatoms. The molecule has 120 valence electrons. The number of hydrogen-bond donors (Lipinski definition) is 1. The number of carbonyl (C=O) groups is 2. The van der Waals surface area contributed by atoms with Crippen molar-refractivity contribution in [3.8, 4) is 0 Å². The smallest absolute Gasteiger partial charge is 0.235 e. The molecular weight excluding hydrogens is 296 g/mol. The van der Waals surface area contributed by atoms with E-state index in [0.717, 1.165) is 31.6 Å². The van der Waals surface area contributed by atoms with E-state index in [-0.39, 0.29) is 29.5 Å². The minimum Gasteiger partial charge on any atom is -0.370 e. The molecule has 0 spiro atoms. The summed E-state index contributed by atoms with van der Waals surface area (Å²) in [5.41, 5.74) is 6.54. The lowest BCUT2D eigenvalue weighted by atomic mass is 9.98. The number of rotatable bonds is 6. The molecule has 2 N–H and O–H groups in total. The molecular formula is C17H24N2O2S. The molecule has 2 amide bonds. The monoisotopic (exact) mass is 320 g/mol. The van der Waals surface area contributed by atoms with Crippen LogP contribution < -0.4 is 5.73 Å². The van der Waals surface area contributed by atoms with E-state index >= 15 is 0 Å². The predicted octanol–water partition coefficient (Wildman–Crippen LogP) is 2.56. The number of benzene rings is 1. The van der Waals surface area contributed by atoms with Gasteiger partial charge in [0.25, 0.3) is 0 Å². The number of carbonyl (C=O) groups excluding carboxylic acids is 2. The molecule has 1 aromatic carbocycles. The van der Waals surface area contributed by atoms with Crippen LogP contribution in [0.3, 0.4) is 0 Å². The molecule has 0 radical (unpaired) electrons. The first-order chi connectivity index (χ1) is 10.6. The lowest BCUT2D eigenvalue weighted by Crippen LogP contribution is -2.48. The van der Waals surface area contributed by atoms with Crippen molar-refractivity contribution in [1.29, 1.82) is 0 Å². The van der Waals surface area contributed by atoms with Gasteiger partial charge in [-0.2, -0.15) is 0 Å². The second-order valence-corrected chi connectivity index (χ2v) is 7.12.